The number of benzene rings is 1. The molecule has 0 aliphatic heterocycles. The molecule has 4 heteroatoms. The van der Waals surface area contributed by atoms with Gasteiger partial charge in [-0.15, -0.1) is 0 Å². The molecule has 0 aromatic heterocycles. The van der Waals surface area contributed by atoms with Crippen LogP contribution in [0.1, 0.15) is 10.4 Å². The number of Topliss-reactive ketones (excluding diaryl/α,β-unsaturated/α-hetero) is 1. The van der Waals surface area contributed by atoms with Gasteiger partial charge in [-0.3, -0.25) is 4.79 Å². The maximum atomic E-state index is 11.1. The van der Waals surface area contributed by atoms with Gasteiger partial charge in [0.15, 0.2) is 5.78 Å². The Hall–Kier alpha value is -0.350. The summed E-state index contributed by atoms with van der Waals surface area (Å²) < 4.78 is 0.536. The van der Waals surface area contributed by atoms with E-state index in [2.05, 4.69) is 31.9 Å². The Bertz CT molecular complexity index is 310. The minimum atomic E-state index is -0.00398. The highest BCUT2D eigenvalue weighted by molar-refractivity contribution is 9.10. The molecule has 0 fully saturated rings. The van der Waals surface area contributed by atoms with Crippen LogP contribution in [-0.2, 0) is 0 Å². The molecule has 1 rings (SSSR count). The molecule has 0 amide bonds. The molecule has 1 aromatic carbocycles. The molecule has 0 aliphatic carbocycles. The summed E-state index contributed by atoms with van der Waals surface area (Å²) in [5, 5.41) is 9.42. The number of phenols is 1. The summed E-state index contributed by atoms with van der Waals surface area (Å²) in [4.78, 5) is 11.1. The molecule has 0 atom stereocenters. The average molecular weight is 294 g/mol. The Morgan fingerprint density at radius 1 is 1.50 bits per heavy atom. The van der Waals surface area contributed by atoms with Crippen LogP contribution in [0.5, 0.6) is 5.75 Å². The Kier molecular flexibility index (Phi) is 3.29. The van der Waals surface area contributed by atoms with Crippen LogP contribution in [0.15, 0.2) is 22.7 Å². The lowest BCUT2D eigenvalue weighted by Crippen LogP contribution is -1.98. The van der Waals surface area contributed by atoms with E-state index >= 15 is 0 Å². The van der Waals surface area contributed by atoms with Crippen LogP contribution in [0.2, 0.25) is 0 Å². The van der Waals surface area contributed by atoms with Crippen LogP contribution in [-0.4, -0.2) is 16.2 Å². The van der Waals surface area contributed by atoms with Crippen LogP contribution in [0.25, 0.3) is 0 Å². The van der Waals surface area contributed by atoms with E-state index in [0.717, 1.165) is 0 Å². The number of alkyl halides is 1. The minimum absolute atomic E-state index is 0.00398. The minimum Gasteiger partial charge on any atom is -0.507 e. The number of rotatable bonds is 2. The maximum absolute atomic E-state index is 11.1. The largest absolute Gasteiger partial charge is 0.507 e. The fourth-order valence-electron chi connectivity index (χ4n) is 0.757. The predicted molar refractivity (Wildman–Crippen MR) is 53.9 cm³/mol. The molecular formula is C8H6Br2O2. The summed E-state index contributed by atoms with van der Waals surface area (Å²) in [6, 6.07) is 4.67. The van der Waals surface area contributed by atoms with Crippen molar-refractivity contribution in [2.24, 2.45) is 0 Å². The molecule has 2 nitrogen and oxygen atoms in total. The normalized spacial score (nSPS) is 9.83. The van der Waals surface area contributed by atoms with E-state index in [1.807, 2.05) is 0 Å². The number of carbonyl (C=O) groups is 1. The van der Waals surface area contributed by atoms with Crippen LogP contribution in [0.3, 0.4) is 0 Å². The Morgan fingerprint density at radius 2 is 2.17 bits per heavy atom. The van der Waals surface area contributed by atoms with Crippen molar-refractivity contribution in [3.63, 3.8) is 0 Å². The third kappa shape index (κ3) is 2.08. The Labute approximate surface area is 86.9 Å². The summed E-state index contributed by atoms with van der Waals surface area (Å²) in [5.74, 6) is 0.136. The lowest BCUT2D eigenvalue weighted by Gasteiger charge is -1.99. The molecule has 0 saturated carbocycles. The van der Waals surface area contributed by atoms with Crippen molar-refractivity contribution in [1.82, 2.24) is 0 Å². The number of ketones is 1. The number of hydrogen-bond acceptors (Lipinski definition) is 2. The summed E-state index contributed by atoms with van der Waals surface area (Å²) in [7, 11) is 0. The van der Waals surface area contributed by atoms with E-state index in [1.54, 1.807) is 12.1 Å². The molecule has 0 heterocycles. The van der Waals surface area contributed by atoms with Crippen LogP contribution in [0, 0.1) is 0 Å². The second-order valence-corrected chi connectivity index (χ2v) is 3.64. The van der Waals surface area contributed by atoms with E-state index in [-0.39, 0.29) is 11.5 Å². The van der Waals surface area contributed by atoms with E-state index in [9.17, 15) is 4.79 Å². The second-order valence-electron chi connectivity index (χ2n) is 2.22. The van der Waals surface area contributed by atoms with Crippen molar-refractivity contribution >= 4 is 37.6 Å². The van der Waals surface area contributed by atoms with E-state index < -0.39 is 0 Å². The summed E-state index contributed by atoms with van der Waals surface area (Å²) >= 11 is 6.19. The third-order valence-corrected chi connectivity index (χ3v) is 2.54. The van der Waals surface area contributed by atoms with Crippen LogP contribution < -0.4 is 0 Å². The average Bonchev–Trinajstić information content (AvgIpc) is 2.08. The number of aromatic hydroxyl groups is 1. The second kappa shape index (κ2) is 4.05. The van der Waals surface area contributed by atoms with Gasteiger partial charge in [-0.2, -0.15) is 0 Å². The molecule has 0 aliphatic rings. The topological polar surface area (TPSA) is 37.3 Å². The zero-order valence-corrected chi connectivity index (χ0v) is 9.22. The van der Waals surface area contributed by atoms with Gasteiger partial charge in [0.05, 0.1) is 9.80 Å². The highest BCUT2D eigenvalue weighted by Gasteiger charge is 2.05. The van der Waals surface area contributed by atoms with E-state index in [4.69, 9.17) is 5.11 Å². The van der Waals surface area contributed by atoms with Crippen LogP contribution in [0.4, 0.5) is 0 Å². The van der Waals surface area contributed by atoms with Gasteiger partial charge >= 0.3 is 0 Å². The quantitative estimate of drug-likeness (QED) is 0.672. The number of halogens is 2. The Morgan fingerprint density at radius 3 is 2.67 bits per heavy atom. The van der Waals surface area contributed by atoms with Crippen LogP contribution >= 0.6 is 31.9 Å². The number of phenolic OH excluding ortho intramolecular Hbond substituents is 1. The van der Waals surface area contributed by atoms with E-state index in [0.29, 0.717) is 15.4 Å². The molecule has 0 radical (unpaired) electrons. The first-order valence-corrected chi connectivity index (χ1v) is 5.14. The lowest BCUT2D eigenvalue weighted by molar-refractivity contribution is 0.102. The summed E-state index contributed by atoms with van der Waals surface area (Å²) in [6.07, 6.45) is 0. The van der Waals surface area contributed by atoms with Gasteiger partial charge in [0.2, 0.25) is 0 Å². The highest BCUT2D eigenvalue weighted by Crippen LogP contribution is 2.24. The van der Waals surface area contributed by atoms with Crippen molar-refractivity contribution in [3.05, 3.63) is 28.2 Å². The molecule has 12 heavy (non-hydrogen) atoms. The monoisotopic (exact) mass is 292 g/mol. The first kappa shape index (κ1) is 9.74. The smallest absolute Gasteiger partial charge is 0.173 e. The van der Waals surface area contributed by atoms with Crippen molar-refractivity contribution < 1.29 is 9.90 Å². The molecule has 0 unspecified atom stereocenters. The number of carbonyl (C=O) groups excluding carboxylic acids is 1. The van der Waals surface area contributed by atoms with Gasteiger partial charge in [-0.25, -0.2) is 0 Å². The van der Waals surface area contributed by atoms with Gasteiger partial charge < -0.3 is 5.11 Å². The van der Waals surface area contributed by atoms with Gasteiger partial charge in [0, 0.05) is 5.56 Å². The zero-order chi connectivity index (χ0) is 9.14. The molecule has 0 saturated heterocycles. The Balaban J connectivity index is 3.05. The first-order chi connectivity index (χ1) is 5.65. The van der Waals surface area contributed by atoms with Gasteiger partial charge in [0.25, 0.3) is 0 Å². The molecule has 64 valence electrons. The van der Waals surface area contributed by atoms with Crippen molar-refractivity contribution in [2.45, 2.75) is 0 Å². The molecule has 0 bridgehead atoms. The highest BCUT2D eigenvalue weighted by atomic mass is 79.9. The third-order valence-electron chi connectivity index (χ3n) is 1.39. The predicted octanol–water partition coefficient (Wildman–Crippen LogP) is 2.73. The zero-order valence-electron chi connectivity index (χ0n) is 6.05. The number of hydrogen-bond donors (Lipinski definition) is 1. The van der Waals surface area contributed by atoms with Gasteiger partial charge in [-0.1, -0.05) is 15.9 Å². The van der Waals surface area contributed by atoms with E-state index in [1.165, 1.54) is 6.07 Å². The van der Waals surface area contributed by atoms with Crippen molar-refractivity contribution in [2.75, 3.05) is 5.33 Å². The SMILES string of the molecule is O=C(CBr)c1ccc(O)c(Br)c1. The standard InChI is InChI=1S/C8H6Br2O2/c9-4-8(12)5-1-2-7(11)6(10)3-5/h1-3,11H,4H2. The van der Waals surface area contributed by atoms with Gasteiger partial charge in [-0.05, 0) is 34.1 Å². The maximum Gasteiger partial charge on any atom is 0.173 e. The van der Waals surface area contributed by atoms with Gasteiger partial charge in [0.1, 0.15) is 5.75 Å². The fourth-order valence-corrected chi connectivity index (χ4v) is 1.46. The summed E-state index contributed by atoms with van der Waals surface area (Å²) in [5.41, 5.74) is 0.580. The molecular weight excluding hydrogens is 288 g/mol. The summed E-state index contributed by atoms with van der Waals surface area (Å²) in [6.45, 7) is 0. The van der Waals surface area contributed by atoms with Crippen molar-refractivity contribution in [1.29, 1.82) is 0 Å². The lowest BCUT2D eigenvalue weighted by atomic mass is 10.1. The molecule has 1 N–H and O–H groups in total. The first-order valence-electron chi connectivity index (χ1n) is 3.23. The molecule has 1 aromatic rings. The fraction of sp³-hybridized carbons (Fsp3) is 0.125. The van der Waals surface area contributed by atoms with Crippen molar-refractivity contribution in [3.8, 4) is 5.75 Å². The molecule has 0 spiro atoms.